The van der Waals surface area contributed by atoms with E-state index >= 15 is 0 Å². The monoisotopic (exact) mass is 320 g/mol. The molecule has 0 radical (unpaired) electrons. The quantitative estimate of drug-likeness (QED) is 0.908. The van der Waals surface area contributed by atoms with Crippen LogP contribution in [0.2, 0.25) is 0 Å². The molecule has 1 saturated carbocycles. The molecule has 1 atom stereocenters. The van der Waals surface area contributed by atoms with E-state index in [0.29, 0.717) is 0 Å². The van der Waals surface area contributed by atoms with E-state index in [2.05, 4.69) is 34.9 Å². The van der Waals surface area contributed by atoms with E-state index in [-0.39, 0.29) is 23.3 Å². The first-order valence-corrected chi connectivity index (χ1v) is 8.89. The minimum absolute atomic E-state index is 0.0701. The summed E-state index contributed by atoms with van der Waals surface area (Å²) in [6.07, 6.45) is 3.32. The zero-order chi connectivity index (χ0) is 16.4. The van der Waals surface area contributed by atoms with Crippen LogP contribution in [0.25, 0.3) is 0 Å². The summed E-state index contributed by atoms with van der Waals surface area (Å²) in [7, 11) is 0. The number of hydrogen-bond acceptors (Lipinski definition) is 2. The molecule has 0 bridgehead atoms. The van der Waals surface area contributed by atoms with Gasteiger partial charge in [0, 0.05) is 5.92 Å². The summed E-state index contributed by atoms with van der Waals surface area (Å²) in [5.74, 6) is 0.407. The van der Waals surface area contributed by atoms with Crippen molar-refractivity contribution < 1.29 is 4.79 Å². The standard InChI is InChI=1S/C21H24N2O/c24-20(18-15-21(18)11-13-22-14-12-21)23-19(16-7-3-1-4-8-16)17-9-5-2-6-10-17/h1-10,18-19,22H,11-15H2,(H,23,24). The largest absolute Gasteiger partial charge is 0.345 e. The fourth-order valence-corrected chi connectivity index (χ4v) is 4.09. The van der Waals surface area contributed by atoms with Gasteiger partial charge in [0.2, 0.25) is 5.91 Å². The van der Waals surface area contributed by atoms with Gasteiger partial charge in [-0.3, -0.25) is 4.79 Å². The van der Waals surface area contributed by atoms with Gasteiger partial charge in [0.1, 0.15) is 0 Å². The Morgan fingerprint density at radius 1 is 0.958 bits per heavy atom. The smallest absolute Gasteiger partial charge is 0.224 e. The molecule has 24 heavy (non-hydrogen) atoms. The molecule has 1 aliphatic carbocycles. The molecule has 4 rings (SSSR count). The number of carbonyl (C=O) groups is 1. The molecule has 2 aliphatic rings. The lowest BCUT2D eigenvalue weighted by molar-refractivity contribution is -0.123. The summed E-state index contributed by atoms with van der Waals surface area (Å²) in [6, 6.07) is 20.4. The van der Waals surface area contributed by atoms with Gasteiger partial charge < -0.3 is 10.6 Å². The number of hydrogen-bond donors (Lipinski definition) is 2. The van der Waals surface area contributed by atoms with E-state index in [1.54, 1.807) is 0 Å². The van der Waals surface area contributed by atoms with Gasteiger partial charge in [0.05, 0.1) is 6.04 Å². The number of rotatable bonds is 4. The van der Waals surface area contributed by atoms with Crippen LogP contribution in [-0.2, 0) is 4.79 Å². The Morgan fingerprint density at radius 2 is 1.50 bits per heavy atom. The Labute approximate surface area is 143 Å². The van der Waals surface area contributed by atoms with Gasteiger partial charge in [0.15, 0.2) is 0 Å². The van der Waals surface area contributed by atoms with Gasteiger partial charge in [0.25, 0.3) is 0 Å². The van der Waals surface area contributed by atoms with Gasteiger partial charge in [-0.15, -0.1) is 0 Å². The van der Waals surface area contributed by atoms with E-state index in [4.69, 9.17) is 0 Å². The van der Waals surface area contributed by atoms with Crippen molar-refractivity contribution in [2.75, 3.05) is 13.1 Å². The second-order valence-corrected chi connectivity index (χ2v) is 7.13. The third-order valence-corrected chi connectivity index (χ3v) is 5.66. The van der Waals surface area contributed by atoms with Crippen molar-refractivity contribution in [3.8, 4) is 0 Å². The van der Waals surface area contributed by atoms with Crippen molar-refractivity contribution >= 4 is 5.91 Å². The van der Waals surface area contributed by atoms with Crippen molar-refractivity contribution in [3.63, 3.8) is 0 Å². The van der Waals surface area contributed by atoms with Crippen molar-refractivity contribution in [1.29, 1.82) is 0 Å². The maximum absolute atomic E-state index is 12.9. The van der Waals surface area contributed by atoms with Gasteiger partial charge in [-0.1, -0.05) is 60.7 Å². The first kappa shape index (κ1) is 15.4. The molecular weight excluding hydrogens is 296 g/mol. The number of amides is 1. The third-order valence-electron chi connectivity index (χ3n) is 5.66. The van der Waals surface area contributed by atoms with Gasteiger partial charge in [-0.2, -0.15) is 0 Å². The fourth-order valence-electron chi connectivity index (χ4n) is 4.09. The molecule has 0 aromatic heterocycles. The Bertz CT molecular complexity index is 653. The highest BCUT2D eigenvalue weighted by Crippen LogP contribution is 2.58. The average Bonchev–Trinajstić information content (AvgIpc) is 3.34. The molecule has 1 saturated heterocycles. The van der Waals surface area contributed by atoms with Crippen LogP contribution in [-0.4, -0.2) is 19.0 Å². The molecule has 124 valence electrons. The lowest BCUT2D eigenvalue weighted by Crippen LogP contribution is -2.35. The zero-order valence-corrected chi connectivity index (χ0v) is 13.9. The summed E-state index contributed by atoms with van der Waals surface area (Å²) in [5, 5.41) is 6.72. The highest BCUT2D eigenvalue weighted by atomic mass is 16.2. The van der Waals surface area contributed by atoms with Crippen LogP contribution < -0.4 is 10.6 Å². The van der Waals surface area contributed by atoms with Crippen LogP contribution in [0.5, 0.6) is 0 Å². The van der Waals surface area contributed by atoms with Crippen LogP contribution in [0.1, 0.15) is 36.4 Å². The van der Waals surface area contributed by atoms with E-state index in [1.165, 1.54) is 0 Å². The van der Waals surface area contributed by atoms with Crippen LogP contribution in [0, 0.1) is 11.3 Å². The maximum Gasteiger partial charge on any atom is 0.224 e. The van der Waals surface area contributed by atoms with Crippen molar-refractivity contribution in [1.82, 2.24) is 10.6 Å². The Kier molecular flexibility index (Phi) is 4.11. The lowest BCUT2D eigenvalue weighted by Gasteiger charge is -2.25. The molecule has 1 heterocycles. The average molecular weight is 320 g/mol. The number of piperidine rings is 1. The molecule has 3 heteroatoms. The zero-order valence-electron chi connectivity index (χ0n) is 13.9. The maximum atomic E-state index is 12.9. The highest BCUT2D eigenvalue weighted by Gasteiger charge is 2.57. The van der Waals surface area contributed by atoms with Gasteiger partial charge in [-0.05, 0) is 48.9 Å². The first-order chi connectivity index (χ1) is 11.8. The Morgan fingerprint density at radius 3 is 2.04 bits per heavy atom. The van der Waals surface area contributed by atoms with Crippen LogP contribution in [0.15, 0.2) is 60.7 Å². The number of nitrogens with one attached hydrogen (secondary N) is 2. The molecule has 2 aromatic rings. The van der Waals surface area contributed by atoms with E-state index in [1.807, 2.05) is 36.4 Å². The molecule has 2 aromatic carbocycles. The van der Waals surface area contributed by atoms with E-state index in [9.17, 15) is 4.79 Å². The lowest BCUT2D eigenvalue weighted by atomic mass is 9.91. The summed E-state index contributed by atoms with van der Waals surface area (Å²) in [5.41, 5.74) is 2.54. The van der Waals surface area contributed by atoms with Crippen molar-refractivity contribution in [3.05, 3.63) is 71.8 Å². The topological polar surface area (TPSA) is 41.1 Å². The summed E-state index contributed by atoms with van der Waals surface area (Å²) in [6.45, 7) is 2.09. The van der Waals surface area contributed by atoms with Crippen molar-refractivity contribution in [2.24, 2.45) is 11.3 Å². The molecule has 2 fully saturated rings. The predicted octanol–water partition coefficient (Wildman–Crippen LogP) is 3.28. The third kappa shape index (κ3) is 2.96. The van der Waals surface area contributed by atoms with Crippen LogP contribution >= 0.6 is 0 Å². The Balaban J connectivity index is 1.53. The van der Waals surface area contributed by atoms with Gasteiger partial charge in [-0.25, -0.2) is 0 Å². The van der Waals surface area contributed by atoms with E-state index in [0.717, 1.165) is 43.5 Å². The minimum atomic E-state index is -0.0701. The summed E-state index contributed by atoms with van der Waals surface area (Å²) in [4.78, 5) is 12.9. The molecule has 1 aliphatic heterocycles. The molecule has 1 unspecified atom stereocenters. The van der Waals surface area contributed by atoms with Crippen molar-refractivity contribution in [2.45, 2.75) is 25.3 Å². The highest BCUT2D eigenvalue weighted by molar-refractivity contribution is 5.83. The van der Waals surface area contributed by atoms with Crippen LogP contribution in [0.4, 0.5) is 0 Å². The first-order valence-electron chi connectivity index (χ1n) is 8.89. The molecule has 3 nitrogen and oxygen atoms in total. The molecule has 1 amide bonds. The Hall–Kier alpha value is -2.13. The molecule has 2 N–H and O–H groups in total. The van der Waals surface area contributed by atoms with Gasteiger partial charge >= 0.3 is 0 Å². The molecular formula is C21H24N2O. The normalized spacial score (nSPS) is 21.6. The fraction of sp³-hybridized carbons (Fsp3) is 0.381. The predicted molar refractivity (Wildman–Crippen MR) is 95.5 cm³/mol. The summed E-state index contributed by atoms with van der Waals surface area (Å²) < 4.78 is 0. The molecule has 1 spiro atoms. The SMILES string of the molecule is O=C(NC(c1ccccc1)c1ccccc1)C1CC12CCNCC2. The second-order valence-electron chi connectivity index (χ2n) is 7.13. The van der Waals surface area contributed by atoms with E-state index < -0.39 is 0 Å². The minimum Gasteiger partial charge on any atom is -0.345 e. The number of benzene rings is 2. The second kappa shape index (κ2) is 6.40. The number of carbonyl (C=O) groups excluding carboxylic acids is 1. The van der Waals surface area contributed by atoms with Crippen LogP contribution in [0.3, 0.4) is 0 Å². The summed E-state index contributed by atoms with van der Waals surface area (Å²) >= 11 is 0.